The number of ether oxygens (including phenoxy) is 2. The molecule has 1 aromatic rings. The van der Waals surface area contributed by atoms with Gasteiger partial charge in [0.2, 0.25) is 0 Å². The second kappa shape index (κ2) is 5.71. The summed E-state index contributed by atoms with van der Waals surface area (Å²) < 4.78 is 11.3. The lowest BCUT2D eigenvalue weighted by atomic mass is 9.51. The third-order valence-electron chi connectivity index (χ3n) is 5.90. The summed E-state index contributed by atoms with van der Waals surface area (Å²) in [6, 6.07) is 8.58. The lowest BCUT2D eigenvalue weighted by Gasteiger charge is -2.60. The van der Waals surface area contributed by atoms with E-state index in [1.54, 1.807) is 0 Å². The molecule has 0 radical (unpaired) electrons. The minimum absolute atomic E-state index is 0.0862. The van der Waals surface area contributed by atoms with E-state index in [0.717, 1.165) is 24.2 Å². The van der Waals surface area contributed by atoms with Crippen molar-refractivity contribution in [2.24, 2.45) is 16.1 Å². The van der Waals surface area contributed by atoms with Crippen molar-refractivity contribution in [3.8, 4) is 5.75 Å². The summed E-state index contributed by atoms with van der Waals surface area (Å²) >= 11 is 0. The van der Waals surface area contributed by atoms with Crippen LogP contribution in [0.1, 0.15) is 43.7 Å². The van der Waals surface area contributed by atoms with Crippen molar-refractivity contribution in [3.63, 3.8) is 0 Å². The quantitative estimate of drug-likeness (QED) is 0.664. The Morgan fingerprint density at radius 3 is 2.96 bits per heavy atom. The normalized spacial score (nSPS) is 31.5. The van der Waals surface area contributed by atoms with Crippen molar-refractivity contribution >= 4 is 5.96 Å². The maximum Gasteiger partial charge on any atom is 0.189 e. The van der Waals surface area contributed by atoms with Crippen LogP contribution in [0.15, 0.2) is 29.3 Å². The SMILES string of the molecule is COC1CC(NC(N)=NC2CCOc3ccccc32)C12CCC2. The molecule has 1 heterocycles. The molecule has 3 unspecified atom stereocenters. The Kier molecular flexibility index (Phi) is 3.68. The van der Waals surface area contributed by atoms with E-state index in [4.69, 9.17) is 20.2 Å². The number of nitrogens with zero attached hydrogens (tertiary/aromatic N) is 1. The van der Waals surface area contributed by atoms with Crippen LogP contribution in [0.4, 0.5) is 0 Å². The largest absolute Gasteiger partial charge is 0.493 e. The number of methoxy groups -OCH3 is 1. The topological polar surface area (TPSA) is 68.9 Å². The van der Waals surface area contributed by atoms with E-state index in [2.05, 4.69) is 11.4 Å². The summed E-state index contributed by atoms with van der Waals surface area (Å²) in [5.41, 5.74) is 7.64. The Morgan fingerprint density at radius 1 is 1.39 bits per heavy atom. The van der Waals surface area contributed by atoms with Gasteiger partial charge in [0.1, 0.15) is 5.75 Å². The first kappa shape index (κ1) is 14.8. The monoisotopic (exact) mass is 315 g/mol. The van der Waals surface area contributed by atoms with E-state index in [1.807, 2.05) is 25.3 Å². The van der Waals surface area contributed by atoms with Crippen LogP contribution in [0.2, 0.25) is 0 Å². The van der Waals surface area contributed by atoms with Crippen molar-refractivity contribution in [3.05, 3.63) is 29.8 Å². The van der Waals surface area contributed by atoms with Crippen molar-refractivity contribution in [1.29, 1.82) is 0 Å². The Morgan fingerprint density at radius 2 is 2.22 bits per heavy atom. The molecule has 2 saturated carbocycles. The Hall–Kier alpha value is -1.75. The third kappa shape index (κ3) is 2.38. The number of nitrogens with one attached hydrogen (secondary N) is 1. The molecule has 5 heteroatoms. The molecule has 124 valence electrons. The van der Waals surface area contributed by atoms with Crippen LogP contribution in [0.25, 0.3) is 0 Å². The average molecular weight is 315 g/mol. The molecule has 2 aliphatic carbocycles. The van der Waals surface area contributed by atoms with Gasteiger partial charge in [-0.1, -0.05) is 24.6 Å². The molecule has 1 aliphatic heterocycles. The second-order valence-electron chi connectivity index (χ2n) is 6.95. The van der Waals surface area contributed by atoms with Crippen LogP contribution in [-0.2, 0) is 4.74 Å². The number of rotatable bonds is 3. The molecule has 3 aliphatic rings. The maximum absolute atomic E-state index is 6.22. The first-order valence-corrected chi connectivity index (χ1v) is 8.57. The van der Waals surface area contributed by atoms with Gasteiger partial charge >= 0.3 is 0 Å². The summed E-state index contributed by atoms with van der Waals surface area (Å²) in [6.45, 7) is 0.692. The van der Waals surface area contributed by atoms with Gasteiger partial charge in [-0.3, -0.25) is 0 Å². The molecule has 0 aromatic heterocycles. The van der Waals surface area contributed by atoms with Crippen LogP contribution in [0.5, 0.6) is 5.75 Å². The highest BCUT2D eigenvalue weighted by Crippen LogP contribution is 2.57. The zero-order valence-electron chi connectivity index (χ0n) is 13.6. The van der Waals surface area contributed by atoms with Crippen LogP contribution >= 0.6 is 0 Å². The van der Waals surface area contributed by atoms with E-state index in [-0.39, 0.29) is 6.04 Å². The smallest absolute Gasteiger partial charge is 0.189 e. The van der Waals surface area contributed by atoms with Gasteiger partial charge in [-0.25, -0.2) is 4.99 Å². The number of benzene rings is 1. The van der Waals surface area contributed by atoms with Crippen LogP contribution in [-0.4, -0.2) is 31.8 Å². The van der Waals surface area contributed by atoms with E-state index in [9.17, 15) is 0 Å². The highest BCUT2D eigenvalue weighted by atomic mass is 16.5. The molecule has 23 heavy (non-hydrogen) atoms. The van der Waals surface area contributed by atoms with E-state index < -0.39 is 0 Å². The highest BCUT2D eigenvalue weighted by Gasteiger charge is 2.58. The summed E-state index contributed by atoms with van der Waals surface area (Å²) in [6.07, 6.45) is 6.04. The fourth-order valence-corrected chi connectivity index (χ4v) is 4.38. The molecular weight excluding hydrogens is 290 g/mol. The number of nitrogens with two attached hydrogens (primary N) is 1. The Bertz CT molecular complexity index is 612. The summed E-state index contributed by atoms with van der Waals surface area (Å²) in [7, 11) is 1.82. The molecule has 0 saturated heterocycles. The zero-order chi connectivity index (χ0) is 15.9. The summed E-state index contributed by atoms with van der Waals surface area (Å²) in [4.78, 5) is 4.74. The van der Waals surface area contributed by atoms with E-state index >= 15 is 0 Å². The molecule has 5 nitrogen and oxygen atoms in total. The predicted molar refractivity (Wildman–Crippen MR) is 89.5 cm³/mol. The van der Waals surface area contributed by atoms with Gasteiger partial charge < -0.3 is 20.5 Å². The average Bonchev–Trinajstić information content (AvgIpc) is 2.50. The predicted octanol–water partition coefficient (Wildman–Crippen LogP) is 2.37. The summed E-state index contributed by atoms with van der Waals surface area (Å²) in [5.74, 6) is 1.48. The first-order chi connectivity index (χ1) is 11.2. The van der Waals surface area contributed by atoms with Gasteiger partial charge in [0.05, 0.1) is 18.8 Å². The zero-order valence-corrected chi connectivity index (χ0v) is 13.6. The molecule has 2 fully saturated rings. The minimum Gasteiger partial charge on any atom is -0.493 e. The molecule has 1 spiro atoms. The number of aliphatic imine (C=N–C) groups is 1. The molecular formula is C18H25N3O2. The summed E-state index contributed by atoms with van der Waals surface area (Å²) in [5, 5.41) is 3.46. The molecule has 0 bridgehead atoms. The van der Waals surface area contributed by atoms with E-state index in [1.165, 1.54) is 19.3 Å². The lowest BCUT2D eigenvalue weighted by molar-refractivity contribution is -0.157. The second-order valence-corrected chi connectivity index (χ2v) is 6.95. The Balaban J connectivity index is 1.46. The Labute approximate surface area is 137 Å². The fourth-order valence-electron chi connectivity index (χ4n) is 4.38. The molecule has 4 rings (SSSR count). The van der Waals surface area contributed by atoms with Gasteiger partial charge in [0, 0.05) is 30.6 Å². The van der Waals surface area contributed by atoms with Gasteiger partial charge in [0.15, 0.2) is 5.96 Å². The molecule has 1 aromatic carbocycles. The molecule has 3 N–H and O–H groups in total. The molecule has 0 amide bonds. The molecule has 3 atom stereocenters. The highest BCUT2D eigenvalue weighted by molar-refractivity contribution is 5.79. The van der Waals surface area contributed by atoms with Crippen molar-refractivity contribution in [2.75, 3.05) is 13.7 Å². The van der Waals surface area contributed by atoms with Gasteiger partial charge in [0.25, 0.3) is 0 Å². The maximum atomic E-state index is 6.22. The third-order valence-corrected chi connectivity index (χ3v) is 5.90. The van der Waals surface area contributed by atoms with Crippen molar-refractivity contribution < 1.29 is 9.47 Å². The van der Waals surface area contributed by atoms with Crippen LogP contribution in [0.3, 0.4) is 0 Å². The number of hydrogen-bond donors (Lipinski definition) is 2. The minimum atomic E-state index is 0.0862. The van der Waals surface area contributed by atoms with Gasteiger partial charge in [-0.05, 0) is 25.3 Å². The fraction of sp³-hybridized carbons (Fsp3) is 0.611. The number of guanidine groups is 1. The van der Waals surface area contributed by atoms with Gasteiger partial charge in [-0.15, -0.1) is 0 Å². The van der Waals surface area contributed by atoms with Crippen LogP contribution < -0.4 is 15.8 Å². The number of para-hydroxylation sites is 1. The van der Waals surface area contributed by atoms with Crippen molar-refractivity contribution in [1.82, 2.24) is 5.32 Å². The van der Waals surface area contributed by atoms with Crippen LogP contribution in [0, 0.1) is 5.41 Å². The standard InChI is InChI=1S/C18H25N3O2/c1-22-16-11-15(18(16)8-4-9-18)21-17(19)20-13-7-10-23-14-6-3-2-5-12(13)14/h2-3,5-6,13,15-16H,4,7-11H2,1H3,(H3,19,20,21). The van der Waals surface area contributed by atoms with E-state index in [0.29, 0.717) is 30.1 Å². The van der Waals surface area contributed by atoms with Gasteiger partial charge in [-0.2, -0.15) is 0 Å². The number of fused-ring (bicyclic) bond motifs is 1. The number of hydrogen-bond acceptors (Lipinski definition) is 3. The lowest BCUT2D eigenvalue weighted by Crippen LogP contribution is -2.68. The first-order valence-electron chi connectivity index (χ1n) is 8.57. The van der Waals surface area contributed by atoms with Crippen molar-refractivity contribution in [2.45, 2.75) is 50.3 Å².